The number of aromatic nitrogens is 2. The fourth-order valence-electron chi connectivity index (χ4n) is 3.12. The van der Waals surface area contributed by atoms with Crippen LogP contribution in [0.2, 0.25) is 0 Å². The number of thioether (sulfide) groups is 1. The normalized spacial score (nSPS) is 13.4. The number of benzene rings is 1. The highest BCUT2D eigenvalue weighted by Crippen LogP contribution is 2.31. The Labute approximate surface area is 200 Å². The predicted molar refractivity (Wildman–Crippen MR) is 127 cm³/mol. The van der Waals surface area contributed by atoms with Crippen LogP contribution >= 0.6 is 11.8 Å². The Bertz CT molecular complexity index is 1170. The summed E-state index contributed by atoms with van der Waals surface area (Å²) in [6, 6.07) is 5.81. The third-order valence-corrected chi connectivity index (χ3v) is 5.97. The summed E-state index contributed by atoms with van der Waals surface area (Å²) in [5.74, 6) is -0.112. The molecule has 0 radical (unpaired) electrons. The second-order valence-electron chi connectivity index (χ2n) is 7.74. The highest BCUT2D eigenvalue weighted by Gasteiger charge is 2.29. The average Bonchev–Trinajstić information content (AvgIpc) is 3.33. The van der Waals surface area contributed by atoms with Crippen molar-refractivity contribution in [2.75, 3.05) is 19.0 Å². The van der Waals surface area contributed by atoms with Crippen molar-refractivity contribution in [3.05, 3.63) is 71.5 Å². The molecule has 2 aromatic heterocycles. The van der Waals surface area contributed by atoms with Crippen molar-refractivity contribution in [2.45, 2.75) is 31.6 Å². The van der Waals surface area contributed by atoms with Gasteiger partial charge in [-0.25, -0.2) is 18.7 Å². The van der Waals surface area contributed by atoms with Crippen LogP contribution in [0.25, 0.3) is 0 Å². The summed E-state index contributed by atoms with van der Waals surface area (Å²) in [7, 11) is 1.50. The Balaban J connectivity index is 1.71. The molecule has 0 aliphatic carbocycles. The second-order valence-corrected chi connectivity index (χ2v) is 9.34. The number of oxazole rings is 1. The number of hydrogen-bond acceptors (Lipinski definition) is 7. The first-order valence-corrected chi connectivity index (χ1v) is 11.1. The lowest BCUT2D eigenvalue weighted by Gasteiger charge is -2.25. The number of nitrogens with one attached hydrogen (secondary N) is 1. The van der Waals surface area contributed by atoms with Crippen LogP contribution in [0.1, 0.15) is 34.4 Å². The van der Waals surface area contributed by atoms with Crippen LogP contribution in [-0.4, -0.2) is 39.5 Å². The number of amides is 1. The summed E-state index contributed by atoms with van der Waals surface area (Å²) in [4.78, 5) is 24.8. The van der Waals surface area contributed by atoms with Crippen molar-refractivity contribution >= 4 is 28.5 Å². The van der Waals surface area contributed by atoms with E-state index in [4.69, 9.17) is 14.9 Å². The zero-order valence-corrected chi connectivity index (χ0v) is 19.8. The molecule has 0 bridgehead atoms. The van der Waals surface area contributed by atoms with E-state index in [2.05, 4.69) is 20.3 Å². The van der Waals surface area contributed by atoms with Gasteiger partial charge in [-0.15, -0.1) is 0 Å². The Hall–Kier alpha value is -3.47. The third kappa shape index (κ3) is 6.53. The van der Waals surface area contributed by atoms with Crippen molar-refractivity contribution in [2.24, 2.45) is 10.7 Å². The molecular weight excluding hydrogens is 464 g/mol. The van der Waals surface area contributed by atoms with Crippen molar-refractivity contribution < 1.29 is 22.7 Å². The van der Waals surface area contributed by atoms with Gasteiger partial charge in [0.15, 0.2) is 11.8 Å². The molecule has 0 saturated carbocycles. The summed E-state index contributed by atoms with van der Waals surface area (Å²) in [5.41, 5.74) is 7.10. The number of aliphatic imine (C=N–C) groups is 1. The maximum atomic E-state index is 14.5. The fraction of sp³-hybridized carbons (Fsp3) is 0.304. The number of amidine groups is 1. The lowest BCUT2D eigenvalue weighted by atomic mass is 10.0. The number of hydrogen-bond donors (Lipinski definition) is 2. The number of alkyl halides is 1. The van der Waals surface area contributed by atoms with Gasteiger partial charge < -0.3 is 20.2 Å². The van der Waals surface area contributed by atoms with E-state index in [1.54, 1.807) is 19.9 Å². The minimum Gasteiger partial charge on any atom is -0.482 e. The van der Waals surface area contributed by atoms with Gasteiger partial charge in [-0.1, -0.05) is 11.8 Å². The molecule has 0 spiro atoms. The smallest absolute Gasteiger partial charge is 0.274 e. The van der Waals surface area contributed by atoms with E-state index >= 15 is 0 Å². The van der Waals surface area contributed by atoms with Crippen molar-refractivity contribution in [1.82, 2.24) is 9.97 Å². The summed E-state index contributed by atoms with van der Waals surface area (Å²) in [6.07, 6.45) is 4.43. The predicted octanol–water partition coefficient (Wildman–Crippen LogP) is 4.30. The number of pyridine rings is 1. The van der Waals surface area contributed by atoms with E-state index in [9.17, 15) is 13.6 Å². The second kappa shape index (κ2) is 11.1. The Morgan fingerprint density at radius 3 is 2.79 bits per heavy atom. The zero-order valence-electron chi connectivity index (χ0n) is 19.0. The Morgan fingerprint density at radius 2 is 2.15 bits per heavy atom. The highest BCUT2D eigenvalue weighted by atomic mass is 32.2. The molecule has 1 aromatic carbocycles. The molecule has 8 nitrogen and oxygen atoms in total. The molecule has 3 N–H and O–H groups in total. The molecule has 3 aromatic rings. The topological polar surface area (TPSA) is 116 Å². The summed E-state index contributed by atoms with van der Waals surface area (Å²) in [5, 5.41) is 2.92. The number of nitrogens with zero attached hydrogens (tertiary/aromatic N) is 3. The van der Waals surface area contributed by atoms with Gasteiger partial charge in [-0.05, 0) is 55.7 Å². The molecule has 1 atom stereocenters. The summed E-state index contributed by atoms with van der Waals surface area (Å²) in [6.45, 7) is 2.75. The minimum atomic E-state index is -1.01. The fourth-order valence-corrected chi connectivity index (χ4v) is 4.00. The lowest BCUT2D eigenvalue weighted by molar-refractivity contribution is 0.102. The summed E-state index contributed by atoms with van der Waals surface area (Å²) < 4.78 is 37.9. The van der Waals surface area contributed by atoms with Crippen LogP contribution in [0, 0.1) is 12.7 Å². The number of carbonyl (C=O) groups excluding carboxylic acids is 1. The van der Waals surface area contributed by atoms with Gasteiger partial charge in [0.05, 0.1) is 17.1 Å². The molecule has 11 heteroatoms. The van der Waals surface area contributed by atoms with Crippen molar-refractivity contribution in [3.63, 3.8) is 0 Å². The molecule has 1 amide bonds. The quantitative estimate of drug-likeness (QED) is 0.340. The van der Waals surface area contributed by atoms with Gasteiger partial charge in [0, 0.05) is 12.7 Å². The number of rotatable bonds is 9. The SMILES string of the molecule is C/N=C(/N)S[C@@](C)(CF)Cc1cc(NC(=O)c2ncc(OCc3ncco3)cc2C)ccc1F. The molecule has 0 aliphatic rings. The number of ether oxygens (including phenoxy) is 1. The van der Waals surface area contributed by atoms with Gasteiger partial charge >= 0.3 is 0 Å². The Kier molecular flexibility index (Phi) is 8.21. The molecule has 0 aliphatic heterocycles. The van der Waals surface area contributed by atoms with Crippen LogP contribution in [-0.2, 0) is 13.0 Å². The third-order valence-electron chi connectivity index (χ3n) is 4.84. The van der Waals surface area contributed by atoms with Gasteiger partial charge in [-0.2, -0.15) is 0 Å². The molecule has 0 unspecified atom stereocenters. The van der Waals surface area contributed by atoms with E-state index in [0.29, 0.717) is 22.9 Å². The summed E-state index contributed by atoms with van der Waals surface area (Å²) >= 11 is 1.04. The van der Waals surface area contributed by atoms with E-state index in [1.807, 2.05) is 0 Å². The number of anilines is 1. The molecular formula is C23H25F2N5O3S. The Morgan fingerprint density at radius 1 is 1.35 bits per heavy atom. The maximum Gasteiger partial charge on any atom is 0.274 e. The lowest BCUT2D eigenvalue weighted by Crippen LogP contribution is -2.30. The molecule has 34 heavy (non-hydrogen) atoms. The first-order chi connectivity index (χ1) is 16.2. The van der Waals surface area contributed by atoms with Crippen LogP contribution < -0.4 is 15.8 Å². The first-order valence-electron chi connectivity index (χ1n) is 10.3. The van der Waals surface area contributed by atoms with Crippen LogP contribution in [0.4, 0.5) is 14.5 Å². The monoisotopic (exact) mass is 489 g/mol. The van der Waals surface area contributed by atoms with E-state index in [1.165, 1.54) is 43.9 Å². The molecule has 0 fully saturated rings. The first kappa shape index (κ1) is 25.2. The highest BCUT2D eigenvalue weighted by molar-refractivity contribution is 8.15. The molecule has 2 heterocycles. The average molecular weight is 490 g/mol. The minimum absolute atomic E-state index is 0.0494. The van der Waals surface area contributed by atoms with Crippen LogP contribution in [0.3, 0.4) is 0 Å². The van der Waals surface area contributed by atoms with Gasteiger partial charge in [0.2, 0.25) is 5.89 Å². The van der Waals surface area contributed by atoms with E-state index < -0.39 is 23.1 Å². The van der Waals surface area contributed by atoms with Crippen LogP contribution in [0.15, 0.2) is 52.3 Å². The zero-order chi connectivity index (χ0) is 24.7. The number of aryl methyl sites for hydroxylation is 1. The molecule has 3 rings (SSSR count). The number of halogens is 2. The molecule has 0 saturated heterocycles. The number of carbonyl (C=O) groups is 1. The van der Waals surface area contributed by atoms with Gasteiger partial charge in [-0.3, -0.25) is 9.79 Å². The standard InChI is InChI=1S/C23H25F2N5O3S/c1-14-8-17(33-12-19-28-6-7-32-19)11-29-20(14)21(31)30-16-4-5-18(25)15(9-16)10-23(2,13-24)34-22(26)27-3/h4-9,11H,10,12-13H2,1-3H3,(H2,26,27)(H,30,31)/t23-/m1/s1. The van der Waals surface area contributed by atoms with Gasteiger partial charge in [0.1, 0.15) is 30.2 Å². The number of nitrogens with two attached hydrogens (primary N) is 1. The maximum absolute atomic E-state index is 14.5. The van der Waals surface area contributed by atoms with Crippen molar-refractivity contribution in [1.29, 1.82) is 0 Å². The van der Waals surface area contributed by atoms with E-state index in [-0.39, 0.29) is 29.5 Å². The van der Waals surface area contributed by atoms with Crippen LogP contribution in [0.5, 0.6) is 5.75 Å². The largest absolute Gasteiger partial charge is 0.482 e. The van der Waals surface area contributed by atoms with Gasteiger partial charge in [0.25, 0.3) is 5.91 Å². The van der Waals surface area contributed by atoms with E-state index in [0.717, 1.165) is 11.8 Å². The molecule has 180 valence electrons. The van der Waals surface area contributed by atoms with Crippen molar-refractivity contribution in [3.8, 4) is 5.75 Å².